The molecule has 21 heavy (non-hydrogen) atoms. The van der Waals surface area contributed by atoms with Gasteiger partial charge in [-0.1, -0.05) is 25.5 Å². The number of benzene rings is 1. The summed E-state index contributed by atoms with van der Waals surface area (Å²) >= 11 is 0. The van der Waals surface area contributed by atoms with Gasteiger partial charge in [0.05, 0.1) is 17.6 Å². The summed E-state index contributed by atoms with van der Waals surface area (Å²) in [6.07, 6.45) is 3.41. The second-order valence-electron chi connectivity index (χ2n) is 5.26. The molecular weight excluding hydrogens is 262 g/mol. The van der Waals surface area contributed by atoms with E-state index in [-0.39, 0.29) is 0 Å². The Morgan fingerprint density at radius 3 is 2.76 bits per heavy atom. The lowest BCUT2D eigenvalue weighted by Crippen LogP contribution is -2.19. The number of nitrogens with one attached hydrogen (secondary N) is 1. The van der Waals surface area contributed by atoms with Crippen molar-refractivity contribution in [3.63, 3.8) is 0 Å². The van der Waals surface area contributed by atoms with Gasteiger partial charge in [-0.05, 0) is 38.4 Å². The molecule has 4 heteroatoms. The fourth-order valence-electron chi connectivity index (χ4n) is 2.46. The number of aromatic nitrogens is 2. The molecule has 1 aromatic carbocycles. The lowest BCUT2D eigenvalue weighted by molar-refractivity contribution is 0.128. The molecule has 0 saturated heterocycles. The van der Waals surface area contributed by atoms with Gasteiger partial charge in [0.1, 0.15) is 5.82 Å². The summed E-state index contributed by atoms with van der Waals surface area (Å²) in [5, 5.41) is 3.46. The minimum Gasteiger partial charge on any atom is -0.381 e. The van der Waals surface area contributed by atoms with Crippen LogP contribution in [0.3, 0.4) is 0 Å². The van der Waals surface area contributed by atoms with Crippen molar-refractivity contribution < 1.29 is 4.74 Å². The predicted molar refractivity (Wildman–Crippen MR) is 87.5 cm³/mol. The first kappa shape index (κ1) is 16.0. The minimum atomic E-state index is 0.817. The molecule has 0 aliphatic heterocycles. The van der Waals surface area contributed by atoms with Crippen LogP contribution < -0.4 is 5.32 Å². The number of hydrogen-bond acceptors (Lipinski definition) is 3. The van der Waals surface area contributed by atoms with Crippen LogP contribution in [0.1, 0.15) is 38.9 Å². The van der Waals surface area contributed by atoms with Crippen LogP contribution in [-0.2, 0) is 17.8 Å². The Hall–Kier alpha value is -1.39. The zero-order valence-corrected chi connectivity index (χ0v) is 13.3. The standard InChI is InChI=1S/C17H27N3O/c1-3-5-12-21-13-8-11-18-14-17-19-15-9-6-7-10-16(15)20(17)4-2/h6-7,9-10,18H,3-5,8,11-14H2,1-2H3. The maximum atomic E-state index is 5.56. The SMILES string of the molecule is CCCCOCCCNCc1nc2ccccc2n1CC. The van der Waals surface area contributed by atoms with Gasteiger partial charge in [-0.15, -0.1) is 0 Å². The van der Waals surface area contributed by atoms with Crippen LogP contribution >= 0.6 is 0 Å². The number of rotatable bonds is 10. The average Bonchev–Trinajstić information content (AvgIpc) is 2.87. The van der Waals surface area contributed by atoms with E-state index in [1.165, 1.54) is 11.9 Å². The van der Waals surface area contributed by atoms with E-state index in [1.54, 1.807) is 0 Å². The van der Waals surface area contributed by atoms with Crippen molar-refractivity contribution >= 4 is 11.0 Å². The van der Waals surface area contributed by atoms with Crippen molar-refractivity contribution in [2.75, 3.05) is 19.8 Å². The fraction of sp³-hybridized carbons (Fsp3) is 0.588. The highest BCUT2D eigenvalue weighted by Crippen LogP contribution is 2.15. The Bertz CT molecular complexity index is 536. The molecule has 2 rings (SSSR count). The minimum absolute atomic E-state index is 0.817. The van der Waals surface area contributed by atoms with E-state index >= 15 is 0 Å². The molecule has 0 aliphatic rings. The van der Waals surface area contributed by atoms with E-state index in [2.05, 4.69) is 41.9 Å². The first-order chi connectivity index (χ1) is 10.4. The molecule has 116 valence electrons. The quantitative estimate of drug-likeness (QED) is 0.682. The van der Waals surface area contributed by atoms with Crippen LogP contribution in [-0.4, -0.2) is 29.3 Å². The van der Waals surface area contributed by atoms with E-state index in [9.17, 15) is 0 Å². The highest BCUT2D eigenvalue weighted by Gasteiger charge is 2.07. The summed E-state index contributed by atoms with van der Waals surface area (Å²) in [4.78, 5) is 4.71. The molecule has 0 amide bonds. The van der Waals surface area contributed by atoms with E-state index in [4.69, 9.17) is 9.72 Å². The molecule has 0 unspecified atom stereocenters. The van der Waals surface area contributed by atoms with Crippen LogP contribution in [0.15, 0.2) is 24.3 Å². The summed E-state index contributed by atoms with van der Waals surface area (Å²) in [6, 6.07) is 8.32. The van der Waals surface area contributed by atoms with E-state index in [0.29, 0.717) is 0 Å². The number of nitrogens with zero attached hydrogens (tertiary/aromatic N) is 2. The van der Waals surface area contributed by atoms with Crippen molar-refractivity contribution in [1.29, 1.82) is 0 Å². The molecular formula is C17H27N3O. The van der Waals surface area contributed by atoms with Crippen LogP contribution in [0.25, 0.3) is 11.0 Å². The Morgan fingerprint density at radius 2 is 1.95 bits per heavy atom. The largest absolute Gasteiger partial charge is 0.381 e. The normalized spacial score (nSPS) is 11.3. The number of aryl methyl sites for hydroxylation is 1. The van der Waals surface area contributed by atoms with Crippen molar-refractivity contribution in [3.8, 4) is 0 Å². The fourth-order valence-corrected chi connectivity index (χ4v) is 2.46. The van der Waals surface area contributed by atoms with Crippen LogP contribution in [0.4, 0.5) is 0 Å². The van der Waals surface area contributed by atoms with Gasteiger partial charge in [-0.25, -0.2) is 4.98 Å². The first-order valence-corrected chi connectivity index (χ1v) is 8.09. The van der Waals surface area contributed by atoms with Crippen LogP contribution in [0.5, 0.6) is 0 Å². The smallest absolute Gasteiger partial charge is 0.123 e. The van der Waals surface area contributed by atoms with Crippen molar-refractivity contribution in [2.24, 2.45) is 0 Å². The number of ether oxygens (including phenoxy) is 1. The summed E-state index contributed by atoms with van der Waals surface area (Å²) in [7, 11) is 0. The van der Waals surface area contributed by atoms with Gasteiger partial charge in [0.15, 0.2) is 0 Å². The Balaban J connectivity index is 1.76. The maximum absolute atomic E-state index is 5.56. The third-order valence-electron chi connectivity index (χ3n) is 3.62. The third kappa shape index (κ3) is 4.55. The molecule has 0 bridgehead atoms. The summed E-state index contributed by atoms with van der Waals surface area (Å²) in [5.41, 5.74) is 2.30. The predicted octanol–water partition coefficient (Wildman–Crippen LogP) is 3.35. The molecule has 0 spiro atoms. The number of para-hydroxylation sites is 2. The molecule has 0 atom stereocenters. The molecule has 0 radical (unpaired) electrons. The number of hydrogen-bond donors (Lipinski definition) is 1. The van der Waals surface area contributed by atoms with Gasteiger partial charge in [0.2, 0.25) is 0 Å². The van der Waals surface area contributed by atoms with Gasteiger partial charge in [-0.2, -0.15) is 0 Å². The molecule has 1 heterocycles. The van der Waals surface area contributed by atoms with Crippen molar-refractivity contribution in [3.05, 3.63) is 30.1 Å². The second-order valence-corrected chi connectivity index (χ2v) is 5.26. The molecule has 1 aromatic heterocycles. The number of unbranched alkanes of at least 4 members (excludes halogenated alkanes) is 1. The number of imidazole rings is 1. The molecule has 2 aromatic rings. The van der Waals surface area contributed by atoms with Gasteiger partial charge in [0.25, 0.3) is 0 Å². The highest BCUT2D eigenvalue weighted by atomic mass is 16.5. The summed E-state index contributed by atoms with van der Waals surface area (Å²) < 4.78 is 7.84. The lowest BCUT2D eigenvalue weighted by Gasteiger charge is -2.08. The van der Waals surface area contributed by atoms with Crippen molar-refractivity contribution in [2.45, 2.75) is 46.2 Å². The molecule has 0 saturated carbocycles. The molecule has 0 aliphatic carbocycles. The monoisotopic (exact) mass is 289 g/mol. The molecule has 0 fully saturated rings. The van der Waals surface area contributed by atoms with Crippen LogP contribution in [0, 0.1) is 0 Å². The number of fused-ring (bicyclic) bond motifs is 1. The van der Waals surface area contributed by atoms with Gasteiger partial charge in [-0.3, -0.25) is 0 Å². The second kappa shape index (κ2) is 8.80. The van der Waals surface area contributed by atoms with Crippen LogP contribution in [0.2, 0.25) is 0 Å². The molecule has 4 nitrogen and oxygen atoms in total. The Labute approximate surface area is 127 Å². The molecule has 1 N–H and O–H groups in total. The van der Waals surface area contributed by atoms with Gasteiger partial charge in [0, 0.05) is 19.8 Å². The third-order valence-corrected chi connectivity index (χ3v) is 3.62. The Kier molecular flexibility index (Phi) is 6.70. The lowest BCUT2D eigenvalue weighted by atomic mass is 10.3. The van der Waals surface area contributed by atoms with E-state index < -0.39 is 0 Å². The summed E-state index contributed by atoms with van der Waals surface area (Å²) in [6.45, 7) is 8.83. The highest BCUT2D eigenvalue weighted by molar-refractivity contribution is 5.75. The zero-order valence-electron chi connectivity index (χ0n) is 13.3. The zero-order chi connectivity index (χ0) is 14.9. The van der Waals surface area contributed by atoms with E-state index in [1.807, 2.05) is 6.07 Å². The summed E-state index contributed by atoms with van der Waals surface area (Å²) in [5.74, 6) is 1.12. The van der Waals surface area contributed by atoms with Gasteiger partial charge >= 0.3 is 0 Å². The first-order valence-electron chi connectivity index (χ1n) is 8.09. The van der Waals surface area contributed by atoms with E-state index in [0.717, 1.165) is 57.0 Å². The topological polar surface area (TPSA) is 39.1 Å². The average molecular weight is 289 g/mol. The Morgan fingerprint density at radius 1 is 1.14 bits per heavy atom. The van der Waals surface area contributed by atoms with Crippen molar-refractivity contribution in [1.82, 2.24) is 14.9 Å². The van der Waals surface area contributed by atoms with Gasteiger partial charge < -0.3 is 14.6 Å². The maximum Gasteiger partial charge on any atom is 0.123 e.